The fourth-order valence-corrected chi connectivity index (χ4v) is 4.36. The molecule has 7 heteroatoms. The Morgan fingerprint density at radius 3 is 1.94 bits per heavy atom. The van der Waals surface area contributed by atoms with Gasteiger partial charge in [0, 0.05) is 38.8 Å². The van der Waals surface area contributed by atoms with Crippen molar-refractivity contribution in [2.24, 2.45) is 11.8 Å². The molecule has 3 heterocycles. The van der Waals surface area contributed by atoms with Gasteiger partial charge in [0.25, 0.3) is 0 Å². The quantitative estimate of drug-likeness (QED) is 0.670. The van der Waals surface area contributed by atoms with Crippen LogP contribution in [0, 0.1) is 11.8 Å². The number of piperidine rings is 2. The number of anilines is 3. The fourth-order valence-electron chi connectivity index (χ4n) is 4.20. The number of aromatic nitrogens is 2. The molecule has 2 aromatic rings. The summed E-state index contributed by atoms with van der Waals surface area (Å²) in [5.41, 5.74) is 1.19. The van der Waals surface area contributed by atoms with E-state index in [9.17, 15) is 0 Å². The van der Waals surface area contributed by atoms with Crippen molar-refractivity contribution in [2.75, 3.05) is 41.3 Å². The van der Waals surface area contributed by atoms with E-state index in [0.717, 1.165) is 49.7 Å². The summed E-state index contributed by atoms with van der Waals surface area (Å²) in [6.45, 7) is 9.53. The van der Waals surface area contributed by atoms with Gasteiger partial charge in [-0.25, -0.2) is 0 Å². The van der Waals surface area contributed by atoms with Crippen LogP contribution in [0.2, 0.25) is 0 Å². The molecule has 1 aromatic carbocycles. The molecule has 31 heavy (non-hydrogen) atoms. The van der Waals surface area contributed by atoms with Gasteiger partial charge in [0.15, 0.2) is 5.11 Å². The topological polar surface area (TPSA) is 56.3 Å². The Morgan fingerprint density at radius 1 is 0.903 bits per heavy atom. The van der Waals surface area contributed by atoms with Crippen LogP contribution in [-0.2, 0) is 6.54 Å². The Morgan fingerprint density at radius 2 is 1.42 bits per heavy atom. The Bertz CT molecular complexity index is 817. The van der Waals surface area contributed by atoms with Crippen molar-refractivity contribution in [3.05, 3.63) is 42.0 Å². The molecule has 4 rings (SSSR count). The standard InChI is InChI=1S/C24H34N6S/c1-18-8-12-29(13-9-18)21-16-22(30-14-10-19(2)11-15-30)27-23(26-21)28-24(31)25-17-20-6-4-3-5-7-20/h3-7,16,18-19H,8-15,17H2,1-2H3,(H2,25,26,27,28,31). The average Bonchev–Trinajstić information content (AvgIpc) is 2.79. The maximum atomic E-state index is 5.54. The third kappa shape index (κ3) is 6.06. The van der Waals surface area contributed by atoms with Crippen molar-refractivity contribution in [3.8, 4) is 0 Å². The third-order valence-electron chi connectivity index (χ3n) is 6.44. The van der Waals surface area contributed by atoms with E-state index >= 15 is 0 Å². The second-order valence-corrected chi connectivity index (χ2v) is 9.45. The summed E-state index contributed by atoms with van der Waals surface area (Å²) in [7, 11) is 0. The predicted octanol–water partition coefficient (Wildman–Crippen LogP) is 4.44. The first-order valence-electron chi connectivity index (χ1n) is 11.5. The molecule has 0 amide bonds. The van der Waals surface area contributed by atoms with Gasteiger partial charge in [-0.1, -0.05) is 44.2 Å². The highest BCUT2D eigenvalue weighted by atomic mass is 32.1. The first kappa shape index (κ1) is 21.8. The lowest BCUT2D eigenvalue weighted by Crippen LogP contribution is -2.36. The molecule has 0 spiro atoms. The zero-order valence-corrected chi connectivity index (χ0v) is 19.5. The summed E-state index contributed by atoms with van der Waals surface area (Å²) in [4.78, 5) is 14.5. The third-order valence-corrected chi connectivity index (χ3v) is 6.68. The van der Waals surface area contributed by atoms with E-state index in [1.165, 1.54) is 31.2 Å². The number of hydrogen-bond acceptors (Lipinski definition) is 5. The summed E-state index contributed by atoms with van der Waals surface area (Å²) >= 11 is 5.54. The molecule has 2 N–H and O–H groups in total. The molecule has 2 fully saturated rings. The van der Waals surface area contributed by atoms with Crippen LogP contribution in [0.25, 0.3) is 0 Å². The molecule has 1 aromatic heterocycles. The Hall–Kier alpha value is -2.41. The van der Waals surface area contributed by atoms with Gasteiger partial charge < -0.3 is 20.4 Å². The largest absolute Gasteiger partial charge is 0.358 e. The van der Waals surface area contributed by atoms with E-state index in [2.05, 4.69) is 52.5 Å². The van der Waals surface area contributed by atoms with Crippen molar-refractivity contribution >= 4 is 34.9 Å². The smallest absolute Gasteiger partial charge is 0.232 e. The minimum absolute atomic E-state index is 0.548. The minimum atomic E-state index is 0.548. The highest BCUT2D eigenvalue weighted by Crippen LogP contribution is 2.28. The van der Waals surface area contributed by atoms with Crippen LogP contribution in [-0.4, -0.2) is 41.3 Å². The molecule has 2 aliphatic rings. The highest BCUT2D eigenvalue weighted by molar-refractivity contribution is 7.80. The van der Waals surface area contributed by atoms with Gasteiger partial charge >= 0.3 is 0 Å². The molecular formula is C24H34N6S. The molecule has 2 aliphatic heterocycles. The Kier molecular flexibility index (Phi) is 7.22. The van der Waals surface area contributed by atoms with Crippen molar-refractivity contribution in [1.82, 2.24) is 15.3 Å². The number of thiocarbonyl (C=S) groups is 1. The molecule has 2 saturated heterocycles. The molecule has 6 nitrogen and oxygen atoms in total. The van der Waals surface area contributed by atoms with Crippen molar-refractivity contribution in [3.63, 3.8) is 0 Å². The van der Waals surface area contributed by atoms with Crippen LogP contribution in [0.5, 0.6) is 0 Å². The van der Waals surface area contributed by atoms with Crippen LogP contribution in [0.3, 0.4) is 0 Å². The number of nitrogens with zero attached hydrogens (tertiary/aromatic N) is 4. The van der Waals surface area contributed by atoms with Gasteiger partial charge in [-0.3, -0.25) is 0 Å². The zero-order chi connectivity index (χ0) is 21.6. The van der Waals surface area contributed by atoms with Gasteiger partial charge in [0.2, 0.25) is 5.95 Å². The summed E-state index contributed by atoms with van der Waals surface area (Å²) in [6, 6.07) is 12.4. The van der Waals surface area contributed by atoms with Crippen LogP contribution >= 0.6 is 12.2 Å². The molecule has 0 aliphatic carbocycles. The minimum Gasteiger partial charge on any atom is -0.358 e. The normalized spacial score (nSPS) is 18.1. The SMILES string of the molecule is CC1CCN(c2cc(N3CCC(C)CC3)nc(NC(=S)NCc3ccccc3)n2)CC1. The zero-order valence-electron chi connectivity index (χ0n) is 18.7. The fraction of sp³-hybridized carbons (Fsp3) is 0.542. The molecule has 166 valence electrons. The van der Waals surface area contributed by atoms with Gasteiger partial charge in [-0.05, 0) is 55.3 Å². The van der Waals surface area contributed by atoms with Gasteiger partial charge in [0.05, 0.1) is 0 Å². The van der Waals surface area contributed by atoms with E-state index in [0.29, 0.717) is 17.6 Å². The Balaban J connectivity index is 1.48. The second-order valence-electron chi connectivity index (χ2n) is 9.04. The van der Waals surface area contributed by atoms with Gasteiger partial charge in [-0.2, -0.15) is 9.97 Å². The van der Waals surface area contributed by atoms with Crippen molar-refractivity contribution in [2.45, 2.75) is 46.1 Å². The molecule has 0 unspecified atom stereocenters. The lowest BCUT2D eigenvalue weighted by molar-refractivity contribution is 0.433. The number of rotatable bonds is 5. The monoisotopic (exact) mass is 438 g/mol. The summed E-state index contributed by atoms with van der Waals surface area (Å²) < 4.78 is 0. The van der Waals surface area contributed by atoms with Gasteiger partial charge in [0.1, 0.15) is 11.6 Å². The molecule has 0 atom stereocenters. The first-order chi connectivity index (χ1) is 15.1. The van der Waals surface area contributed by atoms with E-state index in [4.69, 9.17) is 22.2 Å². The Labute approximate surface area is 191 Å². The summed E-state index contributed by atoms with van der Waals surface area (Å²) in [5.74, 6) is 4.16. The van der Waals surface area contributed by atoms with Crippen LogP contribution in [0.1, 0.15) is 45.1 Å². The highest BCUT2D eigenvalue weighted by Gasteiger charge is 2.22. The van der Waals surface area contributed by atoms with Crippen LogP contribution in [0.15, 0.2) is 36.4 Å². The van der Waals surface area contributed by atoms with Crippen molar-refractivity contribution in [1.29, 1.82) is 0 Å². The number of hydrogen-bond donors (Lipinski definition) is 2. The predicted molar refractivity (Wildman–Crippen MR) is 133 cm³/mol. The second kappa shape index (κ2) is 10.3. The molecule has 0 bridgehead atoms. The maximum absolute atomic E-state index is 5.54. The average molecular weight is 439 g/mol. The number of benzene rings is 1. The van der Waals surface area contributed by atoms with Gasteiger partial charge in [-0.15, -0.1) is 0 Å². The summed E-state index contributed by atoms with van der Waals surface area (Å²) in [5, 5.41) is 7.05. The summed E-state index contributed by atoms with van der Waals surface area (Å²) in [6.07, 6.45) is 4.83. The van der Waals surface area contributed by atoms with E-state index in [1.54, 1.807) is 0 Å². The molecular weight excluding hydrogens is 404 g/mol. The lowest BCUT2D eigenvalue weighted by atomic mass is 9.99. The maximum Gasteiger partial charge on any atom is 0.232 e. The van der Waals surface area contributed by atoms with E-state index < -0.39 is 0 Å². The lowest BCUT2D eigenvalue weighted by Gasteiger charge is -2.34. The first-order valence-corrected chi connectivity index (χ1v) is 12.0. The van der Waals surface area contributed by atoms with Crippen molar-refractivity contribution < 1.29 is 0 Å². The van der Waals surface area contributed by atoms with E-state index in [1.807, 2.05) is 18.2 Å². The van der Waals surface area contributed by atoms with Crippen LogP contribution in [0.4, 0.5) is 17.6 Å². The van der Waals surface area contributed by atoms with E-state index in [-0.39, 0.29) is 0 Å². The van der Waals surface area contributed by atoms with Crippen LogP contribution < -0.4 is 20.4 Å². The number of nitrogens with one attached hydrogen (secondary N) is 2. The molecule has 0 saturated carbocycles. The molecule has 0 radical (unpaired) electrons.